The van der Waals surface area contributed by atoms with Crippen LogP contribution < -0.4 is 4.74 Å². The number of methoxy groups -OCH3 is 1. The van der Waals surface area contributed by atoms with Crippen LogP contribution >= 0.6 is 0 Å². The Morgan fingerprint density at radius 2 is 2.27 bits per heavy atom. The molecule has 0 amide bonds. The van der Waals surface area contributed by atoms with Gasteiger partial charge in [-0.15, -0.1) is 0 Å². The Bertz CT molecular complexity index is 375. The summed E-state index contributed by atoms with van der Waals surface area (Å²) in [6.45, 7) is 0. The summed E-state index contributed by atoms with van der Waals surface area (Å²) >= 11 is 0. The zero-order valence-electron chi connectivity index (χ0n) is 8.34. The number of fused-ring (bicyclic) bond motifs is 1. The first-order valence-electron chi connectivity index (χ1n) is 4.74. The average Bonchev–Trinajstić information content (AvgIpc) is 2.28. The Morgan fingerprint density at radius 1 is 1.53 bits per heavy atom. The Kier molecular flexibility index (Phi) is 2.60. The number of hydrogen-bond donors (Lipinski definition) is 1. The molecule has 1 aromatic carbocycles. The Labute approximate surface area is 87.4 Å². The molecule has 4 heteroatoms. The van der Waals surface area contributed by atoms with Crippen molar-refractivity contribution in [2.45, 2.75) is 18.6 Å². The van der Waals surface area contributed by atoms with E-state index >= 15 is 0 Å². The van der Waals surface area contributed by atoms with Crippen LogP contribution in [0.25, 0.3) is 0 Å². The van der Waals surface area contributed by atoms with E-state index in [1.807, 2.05) is 6.07 Å². The second-order valence-corrected chi connectivity index (χ2v) is 3.42. The largest absolute Gasteiger partial charge is 0.478 e. The summed E-state index contributed by atoms with van der Waals surface area (Å²) in [5, 5.41) is 9.79. The number of aliphatic hydroxyl groups excluding tert-OH is 1. The third-order valence-corrected chi connectivity index (χ3v) is 2.45. The highest BCUT2D eigenvalue weighted by Gasteiger charge is 2.31. The van der Waals surface area contributed by atoms with Crippen molar-refractivity contribution >= 4 is 5.97 Å². The second kappa shape index (κ2) is 3.90. The van der Waals surface area contributed by atoms with Crippen LogP contribution in [0.15, 0.2) is 24.3 Å². The van der Waals surface area contributed by atoms with E-state index in [4.69, 9.17) is 4.74 Å². The third-order valence-electron chi connectivity index (χ3n) is 2.45. The second-order valence-electron chi connectivity index (χ2n) is 3.42. The van der Waals surface area contributed by atoms with E-state index in [1.54, 1.807) is 18.2 Å². The van der Waals surface area contributed by atoms with Crippen molar-refractivity contribution in [3.8, 4) is 5.75 Å². The first kappa shape index (κ1) is 9.98. The van der Waals surface area contributed by atoms with Crippen molar-refractivity contribution in [2.75, 3.05) is 7.11 Å². The number of hydrogen-bond acceptors (Lipinski definition) is 4. The van der Waals surface area contributed by atoms with Gasteiger partial charge in [-0.25, -0.2) is 4.79 Å². The quantitative estimate of drug-likeness (QED) is 0.701. The number of ether oxygens (including phenoxy) is 2. The molecule has 80 valence electrons. The lowest BCUT2D eigenvalue weighted by atomic mass is 9.99. The van der Waals surface area contributed by atoms with Crippen LogP contribution in [0.5, 0.6) is 5.75 Å². The van der Waals surface area contributed by atoms with Crippen molar-refractivity contribution in [3.63, 3.8) is 0 Å². The number of benzene rings is 1. The smallest absolute Gasteiger partial charge is 0.347 e. The zero-order valence-corrected chi connectivity index (χ0v) is 8.34. The Hall–Kier alpha value is -1.55. The van der Waals surface area contributed by atoms with Gasteiger partial charge in [0.25, 0.3) is 0 Å². The fourth-order valence-electron chi connectivity index (χ4n) is 1.67. The van der Waals surface area contributed by atoms with Gasteiger partial charge in [-0.3, -0.25) is 0 Å². The van der Waals surface area contributed by atoms with E-state index in [0.29, 0.717) is 5.75 Å². The topological polar surface area (TPSA) is 55.8 Å². The highest BCUT2D eigenvalue weighted by molar-refractivity contribution is 5.75. The summed E-state index contributed by atoms with van der Waals surface area (Å²) in [5.74, 6) is 0.0928. The molecule has 0 bridgehead atoms. The summed E-state index contributed by atoms with van der Waals surface area (Å²) in [6.07, 6.45) is -1.14. The highest BCUT2D eigenvalue weighted by Crippen LogP contribution is 2.34. The SMILES string of the molecule is COC(=O)[C@@H]1C[C@@H](O)c2ccccc2O1. The van der Waals surface area contributed by atoms with Crippen LogP contribution in [0.2, 0.25) is 0 Å². The highest BCUT2D eigenvalue weighted by atomic mass is 16.6. The molecule has 2 atom stereocenters. The first-order valence-corrected chi connectivity index (χ1v) is 4.74. The predicted molar refractivity (Wildman–Crippen MR) is 52.5 cm³/mol. The molecule has 1 aromatic rings. The lowest BCUT2D eigenvalue weighted by Gasteiger charge is -2.27. The molecule has 4 nitrogen and oxygen atoms in total. The summed E-state index contributed by atoms with van der Waals surface area (Å²) in [5.41, 5.74) is 0.720. The van der Waals surface area contributed by atoms with E-state index in [-0.39, 0.29) is 6.42 Å². The minimum atomic E-state index is -0.708. The maximum atomic E-state index is 11.3. The van der Waals surface area contributed by atoms with Gasteiger partial charge >= 0.3 is 5.97 Å². The lowest BCUT2D eigenvalue weighted by molar-refractivity contribution is -0.151. The molecule has 1 aliphatic heterocycles. The molecule has 0 spiro atoms. The van der Waals surface area contributed by atoms with Crippen LogP contribution in [-0.4, -0.2) is 24.3 Å². The molecule has 1 aliphatic rings. The fourth-order valence-corrected chi connectivity index (χ4v) is 1.67. The van der Waals surface area contributed by atoms with Gasteiger partial charge in [0.1, 0.15) is 5.75 Å². The summed E-state index contributed by atoms with van der Waals surface area (Å²) in [7, 11) is 1.30. The number of esters is 1. The lowest BCUT2D eigenvalue weighted by Crippen LogP contribution is -2.33. The van der Waals surface area contributed by atoms with Crippen molar-refractivity contribution < 1.29 is 19.4 Å². The molecular weight excluding hydrogens is 196 g/mol. The predicted octanol–water partition coefficient (Wildman–Crippen LogP) is 1.04. The van der Waals surface area contributed by atoms with Crippen molar-refractivity contribution in [1.82, 2.24) is 0 Å². The Balaban J connectivity index is 2.26. The van der Waals surface area contributed by atoms with Crippen LogP contribution in [-0.2, 0) is 9.53 Å². The number of aliphatic hydroxyl groups is 1. The normalized spacial score (nSPS) is 23.9. The van der Waals surface area contributed by atoms with Crippen molar-refractivity contribution in [2.24, 2.45) is 0 Å². The number of carbonyl (C=O) groups is 1. The standard InChI is InChI=1S/C11H12O4/c1-14-11(13)10-6-8(12)7-4-2-3-5-9(7)15-10/h2-5,8,10,12H,6H2,1H3/t8-,10+/m1/s1. The average molecular weight is 208 g/mol. The van der Waals surface area contributed by atoms with Gasteiger partial charge in [0, 0.05) is 12.0 Å². The summed E-state index contributed by atoms with van der Waals surface area (Å²) in [4.78, 5) is 11.3. The number of para-hydroxylation sites is 1. The van der Waals surface area contributed by atoms with E-state index in [2.05, 4.69) is 4.74 Å². The van der Waals surface area contributed by atoms with Crippen LogP contribution in [0.4, 0.5) is 0 Å². The van der Waals surface area contributed by atoms with Gasteiger partial charge < -0.3 is 14.6 Å². The Morgan fingerprint density at radius 3 is 3.00 bits per heavy atom. The molecule has 0 fully saturated rings. The fraction of sp³-hybridized carbons (Fsp3) is 0.364. The molecule has 0 aromatic heterocycles. The van der Waals surface area contributed by atoms with Crippen LogP contribution in [0.3, 0.4) is 0 Å². The summed E-state index contributed by atoms with van der Waals surface area (Å²) < 4.78 is 10.00. The third kappa shape index (κ3) is 1.80. The maximum Gasteiger partial charge on any atom is 0.347 e. The minimum absolute atomic E-state index is 0.240. The van der Waals surface area contributed by atoms with Crippen LogP contribution in [0.1, 0.15) is 18.1 Å². The van der Waals surface area contributed by atoms with E-state index < -0.39 is 18.2 Å². The van der Waals surface area contributed by atoms with E-state index in [0.717, 1.165) is 5.56 Å². The van der Waals surface area contributed by atoms with Crippen molar-refractivity contribution in [3.05, 3.63) is 29.8 Å². The van der Waals surface area contributed by atoms with E-state index in [1.165, 1.54) is 7.11 Å². The molecule has 0 aliphatic carbocycles. The van der Waals surface area contributed by atoms with Gasteiger partial charge in [-0.05, 0) is 6.07 Å². The molecule has 1 N–H and O–H groups in total. The minimum Gasteiger partial charge on any atom is -0.478 e. The molecule has 1 heterocycles. The first-order chi connectivity index (χ1) is 7.22. The molecule has 0 radical (unpaired) electrons. The van der Waals surface area contributed by atoms with E-state index in [9.17, 15) is 9.90 Å². The molecule has 0 saturated carbocycles. The molecule has 2 rings (SSSR count). The van der Waals surface area contributed by atoms with Gasteiger partial charge in [0.15, 0.2) is 6.10 Å². The van der Waals surface area contributed by atoms with Gasteiger partial charge in [-0.2, -0.15) is 0 Å². The van der Waals surface area contributed by atoms with Crippen molar-refractivity contribution in [1.29, 1.82) is 0 Å². The summed E-state index contributed by atoms with van der Waals surface area (Å²) in [6, 6.07) is 7.14. The van der Waals surface area contributed by atoms with Crippen LogP contribution in [0, 0.1) is 0 Å². The zero-order chi connectivity index (χ0) is 10.8. The number of carbonyl (C=O) groups excluding carboxylic acids is 1. The molecule has 15 heavy (non-hydrogen) atoms. The maximum absolute atomic E-state index is 11.3. The molecule has 0 unspecified atom stereocenters. The monoisotopic (exact) mass is 208 g/mol. The van der Waals surface area contributed by atoms with Gasteiger partial charge in [0.2, 0.25) is 0 Å². The number of rotatable bonds is 1. The molecular formula is C11H12O4. The van der Waals surface area contributed by atoms with Gasteiger partial charge in [0.05, 0.1) is 13.2 Å². The molecule has 0 saturated heterocycles. The van der Waals surface area contributed by atoms with Gasteiger partial charge in [-0.1, -0.05) is 18.2 Å².